The number of benzene rings is 2. The maximum absolute atomic E-state index is 12.3. The Bertz CT molecular complexity index is 704. The molecule has 0 fully saturated rings. The van der Waals surface area contributed by atoms with Crippen LogP contribution in [0.4, 0.5) is 5.69 Å². The molecule has 24 heavy (non-hydrogen) atoms. The van der Waals surface area contributed by atoms with E-state index in [1.165, 1.54) is 0 Å². The maximum Gasteiger partial charge on any atom is 0.257 e. The molecule has 0 saturated carbocycles. The Hall–Kier alpha value is -1.67. The highest BCUT2D eigenvalue weighted by Crippen LogP contribution is 2.14. The van der Waals surface area contributed by atoms with Gasteiger partial charge in [0.25, 0.3) is 5.91 Å². The van der Waals surface area contributed by atoms with E-state index in [2.05, 4.69) is 40.1 Å². The Morgan fingerprint density at radius 1 is 1.21 bits per heavy atom. The van der Waals surface area contributed by atoms with E-state index in [9.17, 15) is 4.79 Å². The van der Waals surface area contributed by atoms with Crippen LogP contribution in [-0.2, 0) is 0 Å². The Kier molecular flexibility index (Phi) is 7.45. The van der Waals surface area contributed by atoms with E-state index in [1.54, 1.807) is 18.2 Å². The van der Waals surface area contributed by atoms with Crippen LogP contribution in [0.1, 0.15) is 30.1 Å². The standard InChI is InChI=1S/C18H19IN2O2S/c1-2-3-11-23-16-6-4-5-13(12-16)17(22)21-18(24)20-15-9-7-14(19)8-10-15/h4-10,12H,2-3,11H2,1H3,(H2,20,21,22,24). The molecule has 2 rings (SSSR count). The van der Waals surface area contributed by atoms with Crippen LogP contribution in [0.25, 0.3) is 0 Å². The van der Waals surface area contributed by atoms with E-state index in [4.69, 9.17) is 17.0 Å². The summed E-state index contributed by atoms with van der Waals surface area (Å²) < 4.78 is 6.75. The van der Waals surface area contributed by atoms with Gasteiger partial charge in [-0.2, -0.15) is 0 Å². The molecule has 0 aliphatic carbocycles. The third-order valence-corrected chi connectivity index (χ3v) is 4.12. The highest BCUT2D eigenvalue weighted by Gasteiger charge is 2.09. The molecule has 0 spiro atoms. The molecule has 0 aromatic heterocycles. The Labute approximate surface area is 161 Å². The highest BCUT2D eigenvalue weighted by atomic mass is 127. The molecule has 0 atom stereocenters. The zero-order chi connectivity index (χ0) is 17.4. The molecule has 0 heterocycles. The van der Waals surface area contributed by atoms with Gasteiger partial charge in [0.2, 0.25) is 0 Å². The van der Waals surface area contributed by atoms with Gasteiger partial charge in [-0.3, -0.25) is 10.1 Å². The summed E-state index contributed by atoms with van der Waals surface area (Å²) >= 11 is 7.42. The topological polar surface area (TPSA) is 50.4 Å². The van der Waals surface area contributed by atoms with Gasteiger partial charge in [-0.25, -0.2) is 0 Å². The van der Waals surface area contributed by atoms with Crippen LogP contribution in [0.15, 0.2) is 48.5 Å². The van der Waals surface area contributed by atoms with Crippen molar-refractivity contribution in [3.63, 3.8) is 0 Å². The summed E-state index contributed by atoms with van der Waals surface area (Å²) in [5.74, 6) is 0.423. The monoisotopic (exact) mass is 454 g/mol. The van der Waals surface area contributed by atoms with E-state index >= 15 is 0 Å². The van der Waals surface area contributed by atoms with Crippen LogP contribution in [0.3, 0.4) is 0 Å². The molecule has 2 aromatic carbocycles. The van der Waals surface area contributed by atoms with Crippen molar-refractivity contribution in [2.45, 2.75) is 19.8 Å². The van der Waals surface area contributed by atoms with Gasteiger partial charge in [-0.1, -0.05) is 19.4 Å². The van der Waals surface area contributed by atoms with E-state index < -0.39 is 0 Å². The lowest BCUT2D eigenvalue weighted by molar-refractivity contribution is 0.0977. The van der Waals surface area contributed by atoms with Crippen molar-refractivity contribution in [2.75, 3.05) is 11.9 Å². The second-order valence-corrected chi connectivity index (χ2v) is 6.80. The zero-order valence-corrected chi connectivity index (χ0v) is 16.3. The van der Waals surface area contributed by atoms with Crippen molar-refractivity contribution in [1.29, 1.82) is 0 Å². The van der Waals surface area contributed by atoms with Crippen molar-refractivity contribution in [2.24, 2.45) is 0 Å². The number of anilines is 1. The molecule has 0 aliphatic heterocycles. The fraction of sp³-hybridized carbons (Fsp3) is 0.222. The first-order valence-electron chi connectivity index (χ1n) is 7.69. The van der Waals surface area contributed by atoms with Gasteiger partial charge < -0.3 is 10.1 Å². The Morgan fingerprint density at radius 2 is 1.96 bits per heavy atom. The quantitative estimate of drug-likeness (QED) is 0.381. The minimum Gasteiger partial charge on any atom is -0.494 e. The summed E-state index contributed by atoms with van der Waals surface area (Å²) in [6.07, 6.45) is 2.05. The molecule has 0 aliphatic rings. The molecule has 2 N–H and O–H groups in total. The summed E-state index contributed by atoms with van der Waals surface area (Å²) in [6, 6.07) is 14.8. The molecule has 126 valence electrons. The van der Waals surface area contributed by atoms with E-state index in [1.807, 2.05) is 30.3 Å². The van der Waals surface area contributed by atoms with E-state index in [0.29, 0.717) is 17.9 Å². The Morgan fingerprint density at radius 3 is 2.67 bits per heavy atom. The average Bonchev–Trinajstić information content (AvgIpc) is 2.57. The molecule has 0 saturated heterocycles. The van der Waals surface area contributed by atoms with Gasteiger partial charge in [-0.05, 0) is 83.7 Å². The number of unbranched alkanes of at least 4 members (excludes halogenated alkanes) is 1. The number of carbonyl (C=O) groups is 1. The third-order valence-electron chi connectivity index (χ3n) is 3.19. The van der Waals surface area contributed by atoms with Gasteiger partial charge in [0.05, 0.1) is 6.61 Å². The number of ether oxygens (including phenoxy) is 1. The first-order chi connectivity index (χ1) is 11.6. The molecular weight excluding hydrogens is 435 g/mol. The lowest BCUT2D eigenvalue weighted by Gasteiger charge is -2.11. The second kappa shape index (κ2) is 9.58. The van der Waals surface area contributed by atoms with E-state index in [-0.39, 0.29) is 11.0 Å². The van der Waals surface area contributed by atoms with Crippen LogP contribution in [0, 0.1) is 3.57 Å². The van der Waals surface area contributed by atoms with Gasteiger partial charge in [0.15, 0.2) is 5.11 Å². The number of amides is 1. The fourth-order valence-electron chi connectivity index (χ4n) is 1.93. The minimum atomic E-state index is -0.265. The summed E-state index contributed by atoms with van der Waals surface area (Å²) in [5.41, 5.74) is 1.34. The third kappa shape index (κ3) is 6.09. The molecule has 0 bridgehead atoms. The van der Waals surface area contributed by atoms with Crippen molar-refractivity contribution in [3.8, 4) is 5.75 Å². The zero-order valence-electron chi connectivity index (χ0n) is 13.3. The number of rotatable bonds is 6. The summed E-state index contributed by atoms with van der Waals surface area (Å²) in [4.78, 5) is 12.3. The number of halogens is 1. The van der Waals surface area contributed by atoms with Crippen molar-refractivity contribution in [1.82, 2.24) is 5.32 Å². The van der Waals surface area contributed by atoms with Crippen molar-refractivity contribution >= 4 is 51.5 Å². The van der Waals surface area contributed by atoms with Crippen LogP contribution in [0.5, 0.6) is 5.75 Å². The smallest absolute Gasteiger partial charge is 0.257 e. The normalized spacial score (nSPS) is 10.1. The van der Waals surface area contributed by atoms with Crippen molar-refractivity contribution in [3.05, 3.63) is 57.7 Å². The lowest BCUT2D eigenvalue weighted by atomic mass is 10.2. The van der Waals surface area contributed by atoms with Gasteiger partial charge in [0, 0.05) is 14.8 Å². The minimum absolute atomic E-state index is 0.263. The summed E-state index contributed by atoms with van der Waals surface area (Å²) in [5, 5.41) is 5.93. The predicted octanol–water partition coefficient (Wildman–Crippen LogP) is 4.60. The SMILES string of the molecule is CCCCOc1cccc(C(=O)NC(=S)Nc2ccc(I)cc2)c1. The Balaban J connectivity index is 1.92. The molecule has 6 heteroatoms. The molecule has 0 unspecified atom stereocenters. The predicted molar refractivity (Wildman–Crippen MR) is 110 cm³/mol. The van der Waals surface area contributed by atoms with E-state index in [0.717, 1.165) is 22.1 Å². The first kappa shape index (κ1) is 18.7. The van der Waals surface area contributed by atoms with Gasteiger partial charge in [0.1, 0.15) is 5.75 Å². The number of hydrogen-bond donors (Lipinski definition) is 2. The maximum atomic E-state index is 12.3. The summed E-state index contributed by atoms with van der Waals surface area (Å²) in [6.45, 7) is 2.75. The molecule has 0 radical (unpaired) electrons. The summed E-state index contributed by atoms with van der Waals surface area (Å²) in [7, 11) is 0. The first-order valence-corrected chi connectivity index (χ1v) is 9.18. The average molecular weight is 454 g/mol. The van der Waals surface area contributed by atoms with Gasteiger partial charge in [-0.15, -0.1) is 0 Å². The number of carbonyl (C=O) groups excluding carboxylic acids is 1. The van der Waals surface area contributed by atoms with Crippen molar-refractivity contribution < 1.29 is 9.53 Å². The van der Waals surface area contributed by atoms with Crippen LogP contribution in [-0.4, -0.2) is 17.6 Å². The second-order valence-electron chi connectivity index (χ2n) is 5.14. The number of nitrogens with one attached hydrogen (secondary N) is 2. The fourth-order valence-corrected chi connectivity index (χ4v) is 2.50. The molecule has 4 nitrogen and oxygen atoms in total. The number of thiocarbonyl (C=S) groups is 1. The largest absolute Gasteiger partial charge is 0.494 e. The lowest BCUT2D eigenvalue weighted by Crippen LogP contribution is -2.34. The van der Waals surface area contributed by atoms with Gasteiger partial charge >= 0.3 is 0 Å². The van der Waals surface area contributed by atoms with Crippen LogP contribution >= 0.6 is 34.8 Å². The van der Waals surface area contributed by atoms with Crippen LogP contribution in [0.2, 0.25) is 0 Å². The van der Waals surface area contributed by atoms with Crippen LogP contribution < -0.4 is 15.4 Å². The molecular formula is C18H19IN2O2S. The molecule has 1 amide bonds. The molecule has 2 aromatic rings. The number of hydrogen-bond acceptors (Lipinski definition) is 3. The highest BCUT2D eigenvalue weighted by molar-refractivity contribution is 14.1.